The number of nitrogens with zero attached hydrogens (tertiary/aromatic N) is 2. The smallest absolute Gasteiger partial charge is 0.270 e. The molecule has 0 saturated carbocycles. The highest BCUT2D eigenvalue weighted by atomic mass is 19.1. The van der Waals surface area contributed by atoms with Crippen LogP contribution in [0.4, 0.5) is 10.1 Å². The van der Waals surface area contributed by atoms with E-state index in [4.69, 9.17) is 9.47 Å². The summed E-state index contributed by atoms with van der Waals surface area (Å²) in [5.74, 6) is -0.0674. The standard InChI is InChI=1S/C13H13FN2O4/c1-8-15-13(4-5-19-12(13)7-20-8)10-6-9(16(17)18)2-3-11(10)14/h2-3,6,12H,4-5,7H2,1H3/t12-,13+/m0/s1. The number of rotatable bonds is 2. The summed E-state index contributed by atoms with van der Waals surface area (Å²) in [7, 11) is 0. The highest BCUT2D eigenvalue weighted by Gasteiger charge is 2.50. The molecule has 2 heterocycles. The van der Waals surface area contributed by atoms with E-state index in [0.29, 0.717) is 18.9 Å². The van der Waals surface area contributed by atoms with E-state index in [1.165, 1.54) is 6.07 Å². The minimum absolute atomic E-state index is 0.152. The third-order valence-electron chi connectivity index (χ3n) is 3.76. The number of nitro benzene ring substituents is 1. The van der Waals surface area contributed by atoms with Crippen LogP contribution in [0.1, 0.15) is 18.9 Å². The zero-order valence-electron chi connectivity index (χ0n) is 10.8. The maximum atomic E-state index is 14.2. The van der Waals surface area contributed by atoms with Crippen LogP contribution in [0.2, 0.25) is 0 Å². The lowest BCUT2D eigenvalue weighted by molar-refractivity contribution is -0.385. The molecule has 106 valence electrons. The molecule has 20 heavy (non-hydrogen) atoms. The zero-order chi connectivity index (χ0) is 14.3. The second-order valence-corrected chi connectivity index (χ2v) is 4.90. The maximum absolute atomic E-state index is 14.2. The largest absolute Gasteiger partial charge is 0.478 e. The predicted molar refractivity (Wildman–Crippen MR) is 68.2 cm³/mol. The first-order valence-electron chi connectivity index (χ1n) is 6.28. The molecule has 2 atom stereocenters. The molecular formula is C13H13FN2O4. The van der Waals surface area contributed by atoms with Crippen LogP contribution in [0.15, 0.2) is 23.2 Å². The van der Waals surface area contributed by atoms with Crippen LogP contribution in [0.3, 0.4) is 0 Å². The van der Waals surface area contributed by atoms with Crippen LogP contribution in [-0.4, -0.2) is 30.1 Å². The second kappa shape index (κ2) is 4.52. The zero-order valence-corrected chi connectivity index (χ0v) is 10.8. The quantitative estimate of drug-likeness (QED) is 0.614. The first-order chi connectivity index (χ1) is 9.53. The van der Waals surface area contributed by atoms with Crippen molar-refractivity contribution in [3.63, 3.8) is 0 Å². The van der Waals surface area contributed by atoms with E-state index in [-0.39, 0.29) is 17.9 Å². The van der Waals surface area contributed by atoms with Crippen LogP contribution >= 0.6 is 0 Å². The van der Waals surface area contributed by atoms with Gasteiger partial charge in [0, 0.05) is 31.0 Å². The van der Waals surface area contributed by atoms with Gasteiger partial charge in [0.05, 0.1) is 11.5 Å². The summed E-state index contributed by atoms with van der Waals surface area (Å²) >= 11 is 0. The highest BCUT2D eigenvalue weighted by molar-refractivity contribution is 5.75. The Morgan fingerprint density at radius 3 is 3.10 bits per heavy atom. The monoisotopic (exact) mass is 280 g/mol. The van der Waals surface area contributed by atoms with Crippen molar-refractivity contribution in [3.8, 4) is 0 Å². The van der Waals surface area contributed by atoms with Crippen molar-refractivity contribution < 1.29 is 18.8 Å². The average Bonchev–Trinajstić information content (AvgIpc) is 2.82. The highest BCUT2D eigenvalue weighted by Crippen LogP contribution is 2.44. The molecule has 0 unspecified atom stereocenters. The summed E-state index contributed by atoms with van der Waals surface area (Å²) in [5, 5.41) is 10.9. The van der Waals surface area contributed by atoms with Crippen molar-refractivity contribution in [3.05, 3.63) is 39.7 Å². The molecule has 1 fully saturated rings. The Kier molecular flexibility index (Phi) is 2.93. The molecule has 0 aliphatic carbocycles. The lowest BCUT2D eigenvalue weighted by atomic mass is 9.83. The SMILES string of the molecule is CC1=N[C@@]2(c3cc([N+](=O)[O-])ccc3F)CCO[C@H]2CO1. The minimum atomic E-state index is -0.918. The molecule has 0 amide bonds. The van der Waals surface area contributed by atoms with E-state index in [1.807, 2.05) is 0 Å². The first kappa shape index (κ1) is 13.0. The minimum Gasteiger partial charge on any atom is -0.478 e. The topological polar surface area (TPSA) is 74.0 Å². The van der Waals surface area contributed by atoms with E-state index in [1.54, 1.807) is 6.92 Å². The van der Waals surface area contributed by atoms with E-state index in [2.05, 4.69) is 4.99 Å². The van der Waals surface area contributed by atoms with Crippen molar-refractivity contribution in [2.45, 2.75) is 25.0 Å². The predicted octanol–water partition coefficient (Wildman–Crippen LogP) is 2.17. The Hall–Kier alpha value is -2.02. The van der Waals surface area contributed by atoms with E-state index in [0.717, 1.165) is 12.1 Å². The average molecular weight is 280 g/mol. The molecule has 6 nitrogen and oxygen atoms in total. The van der Waals surface area contributed by atoms with Gasteiger partial charge in [-0.05, 0) is 6.07 Å². The Morgan fingerprint density at radius 1 is 1.55 bits per heavy atom. The van der Waals surface area contributed by atoms with Crippen molar-refractivity contribution in [1.29, 1.82) is 0 Å². The molecule has 1 saturated heterocycles. The summed E-state index contributed by atoms with van der Waals surface area (Å²) in [6, 6.07) is 3.51. The fourth-order valence-electron chi connectivity index (χ4n) is 2.81. The van der Waals surface area contributed by atoms with Crippen LogP contribution in [0, 0.1) is 15.9 Å². The van der Waals surface area contributed by atoms with Crippen molar-refractivity contribution in [2.75, 3.05) is 13.2 Å². The summed E-state index contributed by atoms with van der Waals surface area (Å²) in [6.07, 6.45) is 0.0684. The molecule has 0 N–H and O–H groups in total. The van der Waals surface area contributed by atoms with E-state index < -0.39 is 22.4 Å². The Balaban J connectivity index is 2.17. The van der Waals surface area contributed by atoms with Gasteiger partial charge in [0.2, 0.25) is 0 Å². The summed E-state index contributed by atoms with van der Waals surface area (Å²) < 4.78 is 25.1. The van der Waals surface area contributed by atoms with Gasteiger partial charge in [-0.1, -0.05) is 0 Å². The van der Waals surface area contributed by atoms with Gasteiger partial charge < -0.3 is 9.47 Å². The second-order valence-electron chi connectivity index (χ2n) is 4.90. The lowest BCUT2D eigenvalue weighted by Gasteiger charge is -2.34. The molecular weight excluding hydrogens is 267 g/mol. The van der Waals surface area contributed by atoms with Gasteiger partial charge in [-0.25, -0.2) is 9.38 Å². The maximum Gasteiger partial charge on any atom is 0.270 e. The van der Waals surface area contributed by atoms with Gasteiger partial charge in [-0.15, -0.1) is 0 Å². The van der Waals surface area contributed by atoms with E-state index in [9.17, 15) is 14.5 Å². The third kappa shape index (κ3) is 1.85. The number of halogens is 1. The molecule has 2 aliphatic heterocycles. The molecule has 3 rings (SSSR count). The van der Waals surface area contributed by atoms with Crippen molar-refractivity contribution in [1.82, 2.24) is 0 Å². The normalized spacial score (nSPS) is 28.5. The van der Waals surface area contributed by atoms with Gasteiger partial charge in [-0.2, -0.15) is 0 Å². The number of benzene rings is 1. The van der Waals surface area contributed by atoms with Gasteiger partial charge in [0.15, 0.2) is 5.90 Å². The Labute approximate surface area is 114 Å². The molecule has 2 aliphatic rings. The van der Waals surface area contributed by atoms with Crippen LogP contribution < -0.4 is 0 Å². The molecule has 0 bridgehead atoms. The summed E-state index contributed by atoms with van der Waals surface area (Å²) in [6.45, 7) is 2.38. The lowest BCUT2D eigenvalue weighted by Crippen LogP contribution is -2.42. The van der Waals surface area contributed by atoms with Crippen LogP contribution in [0.25, 0.3) is 0 Å². The first-order valence-corrected chi connectivity index (χ1v) is 6.28. The number of non-ortho nitro benzene ring substituents is 1. The number of ether oxygens (including phenoxy) is 2. The molecule has 0 aromatic heterocycles. The summed E-state index contributed by atoms with van der Waals surface area (Å²) in [5.41, 5.74) is -0.865. The molecule has 0 spiro atoms. The fourth-order valence-corrected chi connectivity index (χ4v) is 2.81. The third-order valence-corrected chi connectivity index (χ3v) is 3.76. The number of aliphatic imine (C=N–C) groups is 1. The summed E-state index contributed by atoms with van der Waals surface area (Å²) in [4.78, 5) is 14.8. The molecule has 1 aromatic rings. The van der Waals surface area contributed by atoms with Crippen LogP contribution in [0.5, 0.6) is 0 Å². The van der Waals surface area contributed by atoms with Gasteiger partial charge >= 0.3 is 0 Å². The number of hydrogen-bond acceptors (Lipinski definition) is 5. The van der Waals surface area contributed by atoms with Gasteiger partial charge in [0.25, 0.3) is 5.69 Å². The Bertz CT molecular complexity index is 604. The number of fused-ring (bicyclic) bond motifs is 1. The molecule has 0 radical (unpaired) electrons. The van der Waals surface area contributed by atoms with Gasteiger partial charge in [-0.3, -0.25) is 10.1 Å². The van der Waals surface area contributed by atoms with Gasteiger partial charge in [0.1, 0.15) is 24.1 Å². The Morgan fingerprint density at radius 2 is 2.35 bits per heavy atom. The number of hydrogen-bond donors (Lipinski definition) is 0. The number of nitro groups is 1. The van der Waals surface area contributed by atoms with Crippen LogP contribution in [-0.2, 0) is 15.0 Å². The molecule has 7 heteroatoms. The van der Waals surface area contributed by atoms with E-state index >= 15 is 0 Å². The van der Waals surface area contributed by atoms with Crippen molar-refractivity contribution in [2.24, 2.45) is 4.99 Å². The fraction of sp³-hybridized carbons (Fsp3) is 0.462. The molecule has 1 aromatic carbocycles. The van der Waals surface area contributed by atoms with Crippen molar-refractivity contribution >= 4 is 11.6 Å².